The first-order valence-corrected chi connectivity index (χ1v) is 6.93. The number of esters is 1. The fourth-order valence-electron chi connectivity index (χ4n) is 1.66. The number of anilines is 1. The zero-order valence-electron chi connectivity index (χ0n) is 10.9. The van der Waals surface area contributed by atoms with Gasteiger partial charge in [0.05, 0.1) is 26.1 Å². The highest BCUT2D eigenvalue weighted by Crippen LogP contribution is 2.31. The zero-order chi connectivity index (χ0) is 14.5. The predicted molar refractivity (Wildman–Crippen MR) is 78.5 cm³/mol. The fraction of sp³-hybridized carbons (Fsp3) is 0.231. The van der Waals surface area contributed by atoms with Crippen molar-refractivity contribution in [3.05, 3.63) is 39.8 Å². The highest BCUT2D eigenvalue weighted by atomic mass is 35.5. The Morgan fingerprint density at radius 1 is 1.40 bits per heavy atom. The molecule has 0 fully saturated rings. The van der Waals surface area contributed by atoms with Crippen molar-refractivity contribution in [1.29, 1.82) is 0 Å². The van der Waals surface area contributed by atoms with Gasteiger partial charge < -0.3 is 14.8 Å². The molecule has 0 spiro atoms. The van der Waals surface area contributed by atoms with Crippen molar-refractivity contribution in [2.24, 2.45) is 0 Å². The number of nitrogens with one attached hydrogen (secondary N) is 1. The van der Waals surface area contributed by atoms with Crippen LogP contribution in [0.25, 0.3) is 0 Å². The van der Waals surface area contributed by atoms with Crippen LogP contribution in [0.5, 0.6) is 5.75 Å². The van der Waals surface area contributed by atoms with Crippen molar-refractivity contribution >= 4 is 34.6 Å². The van der Waals surface area contributed by atoms with E-state index in [2.05, 4.69) is 10.3 Å². The lowest BCUT2D eigenvalue weighted by atomic mass is 10.2. The summed E-state index contributed by atoms with van der Waals surface area (Å²) in [6.45, 7) is 0. The van der Waals surface area contributed by atoms with Crippen LogP contribution in [0.2, 0.25) is 4.34 Å². The highest BCUT2D eigenvalue weighted by Gasteiger charge is 2.25. The van der Waals surface area contributed by atoms with Gasteiger partial charge in [-0.15, -0.1) is 11.3 Å². The lowest BCUT2D eigenvalue weighted by molar-refractivity contribution is -0.141. The Hall–Kier alpha value is -1.79. The van der Waals surface area contributed by atoms with Crippen LogP contribution < -0.4 is 10.1 Å². The zero-order valence-corrected chi connectivity index (χ0v) is 12.5. The quantitative estimate of drug-likeness (QED) is 0.859. The number of halogens is 1. The largest absolute Gasteiger partial charge is 0.495 e. The number of aromatic nitrogens is 1. The lowest BCUT2D eigenvalue weighted by Crippen LogP contribution is -2.22. The van der Waals surface area contributed by atoms with E-state index >= 15 is 0 Å². The number of ether oxygens (including phenoxy) is 2. The third kappa shape index (κ3) is 3.20. The highest BCUT2D eigenvalue weighted by molar-refractivity contribution is 7.16. The van der Waals surface area contributed by atoms with Crippen molar-refractivity contribution in [2.45, 2.75) is 6.04 Å². The fourth-order valence-corrected chi connectivity index (χ4v) is 2.63. The maximum atomic E-state index is 11.9. The van der Waals surface area contributed by atoms with Gasteiger partial charge in [-0.05, 0) is 12.1 Å². The molecular weight excluding hydrogens is 300 g/mol. The summed E-state index contributed by atoms with van der Waals surface area (Å²) in [5.74, 6) is 0.186. The number of para-hydroxylation sites is 2. The molecule has 1 atom stereocenters. The van der Waals surface area contributed by atoms with Crippen LogP contribution in [0.4, 0.5) is 5.69 Å². The number of nitrogens with zero attached hydrogens (tertiary/aromatic N) is 1. The third-order valence-corrected chi connectivity index (χ3v) is 3.77. The minimum Gasteiger partial charge on any atom is -0.495 e. The predicted octanol–water partition coefficient (Wildman–Crippen LogP) is 3.13. The smallest absolute Gasteiger partial charge is 0.335 e. The van der Waals surface area contributed by atoms with E-state index in [1.807, 2.05) is 18.2 Å². The van der Waals surface area contributed by atoms with Gasteiger partial charge in [0, 0.05) is 0 Å². The van der Waals surface area contributed by atoms with E-state index in [9.17, 15) is 4.79 Å². The number of hydrogen-bond acceptors (Lipinski definition) is 6. The Kier molecular flexibility index (Phi) is 4.81. The van der Waals surface area contributed by atoms with Crippen molar-refractivity contribution in [2.75, 3.05) is 19.5 Å². The second-order valence-corrected chi connectivity index (χ2v) is 5.50. The number of carbonyl (C=O) groups excluding carboxylic acids is 1. The summed E-state index contributed by atoms with van der Waals surface area (Å²) in [4.78, 5) is 16.0. The van der Waals surface area contributed by atoms with Crippen molar-refractivity contribution < 1.29 is 14.3 Å². The molecule has 7 heteroatoms. The second kappa shape index (κ2) is 6.58. The molecule has 0 amide bonds. The summed E-state index contributed by atoms with van der Waals surface area (Å²) in [6, 6.07) is 6.56. The molecule has 0 bridgehead atoms. The average Bonchev–Trinajstić information content (AvgIpc) is 2.90. The van der Waals surface area contributed by atoms with E-state index in [0.717, 1.165) is 0 Å². The van der Waals surface area contributed by atoms with Crippen LogP contribution in [0.1, 0.15) is 11.0 Å². The van der Waals surface area contributed by atoms with Gasteiger partial charge in [0.1, 0.15) is 15.1 Å². The molecule has 5 nitrogen and oxygen atoms in total. The minimum atomic E-state index is -0.728. The van der Waals surface area contributed by atoms with Crippen LogP contribution in [0.15, 0.2) is 30.5 Å². The molecule has 2 rings (SSSR count). The van der Waals surface area contributed by atoms with Gasteiger partial charge in [-0.2, -0.15) is 0 Å². The Balaban J connectivity index is 2.31. The topological polar surface area (TPSA) is 60.5 Å². The molecule has 1 N–H and O–H groups in total. The van der Waals surface area contributed by atoms with Gasteiger partial charge in [0.15, 0.2) is 6.04 Å². The molecule has 1 unspecified atom stereocenters. The van der Waals surface area contributed by atoms with Crippen LogP contribution in [0.3, 0.4) is 0 Å². The summed E-state index contributed by atoms with van der Waals surface area (Å²) in [5, 5.41) is 3.60. The maximum Gasteiger partial charge on any atom is 0.335 e. The van der Waals surface area contributed by atoms with Crippen molar-refractivity contribution in [1.82, 2.24) is 4.98 Å². The molecule has 0 aliphatic heterocycles. The molecule has 1 aromatic heterocycles. The molecule has 106 valence electrons. The number of thiazole rings is 1. The van der Waals surface area contributed by atoms with Gasteiger partial charge in [0.2, 0.25) is 0 Å². The van der Waals surface area contributed by atoms with Crippen LogP contribution >= 0.6 is 22.9 Å². The first-order valence-electron chi connectivity index (χ1n) is 5.74. The molecule has 0 saturated carbocycles. The van der Waals surface area contributed by atoms with Gasteiger partial charge in [0.25, 0.3) is 0 Å². The molecule has 0 aliphatic rings. The lowest BCUT2D eigenvalue weighted by Gasteiger charge is -2.17. The van der Waals surface area contributed by atoms with Crippen LogP contribution in [0, 0.1) is 0 Å². The molecule has 0 radical (unpaired) electrons. The molecule has 1 heterocycles. The third-order valence-electron chi connectivity index (χ3n) is 2.59. The van der Waals surface area contributed by atoms with Crippen LogP contribution in [-0.2, 0) is 9.53 Å². The average molecular weight is 313 g/mol. The monoisotopic (exact) mass is 312 g/mol. The maximum absolute atomic E-state index is 11.9. The Labute approximate surface area is 125 Å². The Bertz CT molecular complexity index is 603. The molecule has 2 aromatic rings. The summed E-state index contributed by atoms with van der Waals surface area (Å²) in [5.41, 5.74) is 0.678. The Morgan fingerprint density at radius 2 is 2.15 bits per heavy atom. The summed E-state index contributed by atoms with van der Waals surface area (Å²) < 4.78 is 10.6. The number of carbonyl (C=O) groups is 1. The number of rotatable bonds is 5. The van der Waals surface area contributed by atoms with E-state index in [4.69, 9.17) is 21.1 Å². The first kappa shape index (κ1) is 14.6. The van der Waals surface area contributed by atoms with E-state index in [1.165, 1.54) is 24.6 Å². The number of methoxy groups -OCH3 is 2. The molecular formula is C13H13ClN2O3S. The Morgan fingerprint density at radius 3 is 2.75 bits per heavy atom. The molecule has 1 aromatic carbocycles. The van der Waals surface area contributed by atoms with Crippen molar-refractivity contribution in [3.8, 4) is 5.75 Å². The number of hydrogen-bond donors (Lipinski definition) is 1. The first-order chi connectivity index (χ1) is 9.65. The molecule has 0 saturated heterocycles. The van der Waals surface area contributed by atoms with Crippen molar-refractivity contribution in [3.63, 3.8) is 0 Å². The summed E-state index contributed by atoms with van der Waals surface area (Å²) in [6.07, 6.45) is 1.50. The van der Waals surface area contributed by atoms with Crippen LogP contribution in [-0.4, -0.2) is 25.2 Å². The minimum absolute atomic E-state index is 0.443. The molecule has 0 aliphatic carbocycles. The standard InChI is InChI=1S/C13H13ClN2O3S/c1-18-9-6-4-3-5-8(9)16-11(13(17)19-2)12-15-7-10(14)20-12/h3-7,11,16H,1-2H3. The summed E-state index contributed by atoms with van der Waals surface area (Å²) >= 11 is 7.09. The van der Waals surface area contributed by atoms with E-state index in [-0.39, 0.29) is 0 Å². The normalized spacial score (nSPS) is 11.8. The van der Waals surface area contributed by atoms with Gasteiger partial charge in [-0.25, -0.2) is 9.78 Å². The second-order valence-electron chi connectivity index (χ2n) is 3.80. The summed E-state index contributed by atoms with van der Waals surface area (Å²) in [7, 11) is 2.89. The SMILES string of the molecule is COC(=O)C(Nc1ccccc1OC)c1ncc(Cl)s1. The van der Waals surface area contributed by atoms with E-state index < -0.39 is 12.0 Å². The van der Waals surface area contributed by atoms with Gasteiger partial charge in [-0.3, -0.25) is 0 Å². The van der Waals surface area contributed by atoms with Gasteiger partial charge in [-0.1, -0.05) is 23.7 Å². The molecule has 20 heavy (non-hydrogen) atoms. The van der Waals surface area contributed by atoms with Gasteiger partial charge >= 0.3 is 5.97 Å². The number of benzene rings is 1. The van der Waals surface area contributed by atoms with E-state index in [0.29, 0.717) is 20.8 Å². The van der Waals surface area contributed by atoms with E-state index in [1.54, 1.807) is 13.2 Å².